The summed E-state index contributed by atoms with van der Waals surface area (Å²) in [6.07, 6.45) is 0. The van der Waals surface area contributed by atoms with Gasteiger partial charge >= 0.3 is 0 Å². The van der Waals surface area contributed by atoms with Gasteiger partial charge in [0, 0.05) is 25.7 Å². The van der Waals surface area contributed by atoms with Gasteiger partial charge < -0.3 is 10.6 Å². The van der Waals surface area contributed by atoms with Crippen molar-refractivity contribution in [2.75, 3.05) is 7.05 Å². The van der Waals surface area contributed by atoms with E-state index in [9.17, 15) is 8.42 Å². The van der Waals surface area contributed by atoms with Gasteiger partial charge in [-0.1, -0.05) is 48.0 Å². The number of aliphatic imine (C=N–C) groups is 1. The Kier molecular flexibility index (Phi) is 9.57. The first-order valence-electron chi connectivity index (χ1n) is 9.23. The molecule has 2 aromatic rings. The number of benzene rings is 2. The normalized spacial score (nSPS) is 12.2. The highest BCUT2D eigenvalue weighted by atomic mass is 127. The van der Waals surface area contributed by atoms with Crippen LogP contribution in [0.1, 0.15) is 37.5 Å². The molecule has 29 heavy (non-hydrogen) atoms. The molecule has 0 aromatic heterocycles. The summed E-state index contributed by atoms with van der Waals surface area (Å²) < 4.78 is 28.2. The van der Waals surface area contributed by atoms with Crippen LogP contribution in [-0.4, -0.2) is 27.0 Å². The summed E-state index contributed by atoms with van der Waals surface area (Å²) >= 11 is 0. The Balaban J connectivity index is 0.00000420. The average molecular weight is 530 g/mol. The Morgan fingerprint density at radius 1 is 1.00 bits per heavy atom. The number of rotatable bonds is 6. The van der Waals surface area contributed by atoms with Crippen LogP contribution < -0.4 is 15.4 Å². The van der Waals surface area contributed by atoms with Crippen LogP contribution in [0.15, 0.2) is 58.4 Å². The van der Waals surface area contributed by atoms with Gasteiger partial charge in [-0.25, -0.2) is 13.1 Å². The second kappa shape index (κ2) is 10.9. The predicted octanol–water partition coefficient (Wildman–Crippen LogP) is 3.56. The van der Waals surface area contributed by atoms with Gasteiger partial charge in [0.05, 0.1) is 4.90 Å². The molecular formula is C21H31IN4O2S. The molecule has 0 amide bonds. The van der Waals surface area contributed by atoms with E-state index < -0.39 is 15.6 Å². The van der Waals surface area contributed by atoms with Gasteiger partial charge in [0.15, 0.2) is 5.96 Å². The van der Waals surface area contributed by atoms with Gasteiger partial charge in [0.2, 0.25) is 10.0 Å². The fourth-order valence-electron chi connectivity index (χ4n) is 2.78. The van der Waals surface area contributed by atoms with E-state index >= 15 is 0 Å². The molecule has 0 saturated heterocycles. The van der Waals surface area contributed by atoms with Crippen molar-refractivity contribution < 1.29 is 8.42 Å². The topological polar surface area (TPSA) is 82.6 Å². The molecule has 3 N–H and O–H groups in total. The maximum Gasteiger partial charge on any atom is 0.241 e. The molecule has 160 valence electrons. The van der Waals surface area contributed by atoms with Gasteiger partial charge in [-0.15, -0.1) is 24.0 Å². The first kappa shape index (κ1) is 25.4. The zero-order chi connectivity index (χ0) is 20.8. The Morgan fingerprint density at radius 2 is 1.66 bits per heavy atom. The molecular weight excluding hydrogens is 499 g/mol. The van der Waals surface area contributed by atoms with Crippen molar-refractivity contribution in [1.29, 1.82) is 0 Å². The maximum absolute atomic E-state index is 12.7. The second-order valence-corrected chi connectivity index (χ2v) is 9.38. The molecule has 0 atom stereocenters. The monoisotopic (exact) mass is 530 g/mol. The van der Waals surface area contributed by atoms with Crippen molar-refractivity contribution in [2.24, 2.45) is 4.99 Å². The van der Waals surface area contributed by atoms with Crippen LogP contribution in [0.2, 0.25) is 0 Å². The zero-order valence-corrected chi connectivity index (χ0v) is 20.8. The summed E-state index contributed by atoms with van der Waals surface area (Å²) in [4.78, 5) is 4.49. The third kappa shape index (κ3) is 8.31. The maximum atomic E-state index is 12.7. The minimum atomic E-state index is -3.61. The quantitative estimate of drug-likeness (QED) is 0.303. The lowest BCUT2D eigenvalue weighted by atomic mass is 10.1. The van der Waals surface area contributed by atoms with Crippen molar-refractivity contribution in [1.82, 2.24) is 15.4 Å². The summed E-state index contributed by atoms with van der Waals surface area (Å²) in [7, 11) is -1.92. The fourth-order valence-corrected chi connectivity index (χ4v) is 4.44. The van der Waals surface area contributed by atoms with Crippen LogP contribution in [0.5, 0.6) is 0 Å². The molecule has 6 nitrogen and oxygen atoms in total. The summed E-state index contributed by atoms with van der Waals surface area (Å²) in [6, 6.07) is 15.2. The van der Waals surface area contributed by atoms with E-state index in [4.69, 9.17) is 0 Å². The lowest BCUT2D eigenvalue weighted by molar-refractivity contribution is 0.491. The van der Waals surface area contributed by atoms with Crippen LogP contribution in [0, 0.1) is 6.92 Å². The Hall–Kier alpha value is -1.65. The molecule has 0 bridgehead atoms. The highest BCUT2D eigenvalue weighted by Crippen LogP contribution is 2.17. The summed E-state index contributed by atoms with van der Waals surface area (Å²) in [5, 5.41) is 6.45. The molecule has 0 radical (unpaired) electrons. The molecule has 0 aliphatic rings. The van der Waals surface area contributed by atoms with E-state index in [2.05, 4.69) is 39.4 Å². The van der Waals surface area contributed by atoms with E-state index in [-0.39, 0.29) is 28.9 Å². The van der Waals surface area contributed by atoms with Crippen LogP contribution >= 0.6 is 24.0 Å². The lowest BCUT2D eigenvalue weighted by Crippen LogP contribution is -2.41. The summed E-state index contributed by atoms with van der Waals surface area (Å²) in [5.74, 6) is 0.609. The second-order valence-electron chi connectivity index (χ2n) is 7.73. The van der Waals surface area contributed by atoms with Gasteiger partial charge in [-0.3, -0.25) is 4.99 Å². The third-order valence-electron chi connectivity index (χ3n) is 3.92. The Labute approximate surface area is 191 Å². The first-order valence-corrected chi connectivity index (χ1v) is 10.7. The fraction of sp³-hybridized carbons (Fsp3) is 0.381. The number of guanidine groups is 1. The summed E-state index contributed by atoms with van der Waals surface area (Å²) in [5.41, 5.74) is 2.48. The van der Waals surface area contributed by atoms with Crippen LogP contribution in [-0.2, 0) is 23.1 Å². The van der Waals surface area contributed by atoms with Gasteiger partial charge in [0.25, 0.3) is 0 Å². The molecule has 0 heterocycles. The standard InChI is InChI=1S/C21H30N4O2S.HI/c1-16-9-8-10-17(13-16)14-23-20(22-5)24-15-18-11-6-7-12-19(18)28(26,27)25-21(2,3)4;/h6-13,25H,14-15H2,1-5H3,(H2,22,23,24);1H. The highest BCUT2D eigenvalue weighted by Gasteiger charge is 2.24. The third-order valence-corrected chi connectivity index (χ3v) is 5.77. The molecule has 8 heteroatoms. The van der Waals surface area contributed by atoms with Gasteiger partial charge in [0.1, 0.15) is 0 Å². The van der Waals surface area contributed by atoms with Crippen LogP contribution in [0.25, 0.3) is 0 Å². The number of nitrogens with zero attached hydrogens (tertiary/aromatic N) is 1. The van der Waals surface area contributed by atoms with E-state index in [1.165, 1.54) is 5.56 Å². The summed E-state index contributed by atoms with van der Waals surface area (Å²) in [6.45, 7) is 8.49. The number of sulfonamides is 1. The van der Waals surface area contributed by atoms with E-state index in [0.717, 1.165) is 5.56 Å². The minimum Gasteiger partial charge on any atom is -0.352 e. The lowest BCUT2D eigenvalue weighted by Gasteiger charge is -2.22. The zero-order valence-electron chi connectivity index (χ0n) is 17.6. The van der Waals surface area contributed by atoms with Crippen LogP contribution in [0.3, 0.4) is 0 Å². The molecule has 0 saturated carbocycles. The number of hydrogen-bond donors (Lipinski definition) is 3. The Bertz CT molecular complexity index is 938. The van der Waals surface area contributed by atoms with Gasteiger partial charge in [-0.2, -0.15) is 0 Å². The number of nitrogens with one attached hydrogen (secondary N) is 3. The van der Waals surface area contributed by atoms with Crippen molar-refractivity contribution in [3.8, 4) is 0 Å². The van der Waals surface area contributed by atoms with Crippen molar-refractivity contribution in [2.45, 2.75) is 51.2 Å². The van der Waals surface area contributed by atoms with Crippen LogP contribution in [0.4, 0.5) is 0 Å². The number of hydrogen-bond acceptors (Lipinski definition) is 3. The molecule has 0 unspecified atom stereocenters. The predicted molar refractivity (Wildman–Crippen MR) is 130 cm³/mol. The molecule has 2 aromatic carbocycles. The SMILES string of the molecule is CN=C(NCc1cccc(C)c1)NCc1ccccc1S(=O)(=O)NC(C)(C)C.I. The largest absolute Gasteiger partial charge is 0.352 e. The van der Waals surface area contributed by atoms with Crippen molar-refractivity contribution >= 4 is 40.0 Å². The van der Waals surface area contributed by atoms with E-state index in [1.54, 1.807) is 25.2 Å². The molecule has 0 aliphatic heterocycles. The minimum absolute atomic E-state index is 0. The number of aryl methyl sites for hydroxylation is 1. The molecule has 2 rings (SSSR count). The van der Waals surface area contributed by atoms with E-state index in [0.29, 0.717) is 24.6 Å². The number of halogens is 1. The molecule has 0 aliphatic carbocycles. The van der Waals surface area contributed by atoms with Crippen molar-refractivity contribution in [3.05, 3.63) is 65.2 Å². The van der Waals surface area contributed by atoms with Gasteiger partial charge in [-0.05, 0) is 44.9 Å². The van der Waals surface area contributed by atoms with Crippen molar-refractivity contribution in [3.63, 3.8) is 0 Å². The molecule has 0 spiro atoms. The molecule has 0 fully saturated rings. The smallest absolute Gasteiger partial charge is 0.241 e. The first-order chi connectivity index (χ1) is 13.1. The average Bonchev–Trinajstić information content (AvgIpc) is 2.60. The Morgan fingerprint density at radius 3 is 2.28 bits per heavy atom. The highest BCUT2D eigenvalue weighted by molar-refractivity contribution is 14.0. The van der Waals surface area contributed by atoms with E-state index in [1.807, 2.05) is 39.0 Å².